The van der Waals surface area contributed by atoms with Crippen LogP contribution in [0.2, 0.25) is 0 Å². The number of carbonyl (C=O) groups is 1. The molecule has 2 heterocycles. The molecule has 2 aromatic rings. The van der Waals surface area contributed by atoms with E-state index in [-0.39, 0.29) is 11.9 Å². The maximum Gasteiger partial charge on any atom is 0.244 e. The molecule has 0 bridgehead atoms. The Morgan fingerprint density at radius 3 is 2.78 bits per heavy atom. The van der Waals surface area contributed by atoms with Crippen molar-refractivity contribution in [2.75, 3.05) is 14.1 Å². The first-order valence-electron chi connectivity index (χ1n) is 5.71. The van der Waals surface area contributed by atoms with Crippen LogP contribution < -0.4 is 0 Å². The van der Waals surface area contributed by atoms with Crippen molar-refractivity contribution in [2.24, 2.45) is 0 Å². The van der Waals surface area contributed by atoms with Crippen molar-refractivity contribution < 1.29 is 4.79 Å². The number of imidazole rings is 1. The molecule has 0 spiro atoms. The van der Waals surface area contributed by atoms with Crippen LogP contribution in [-0.2, 0) is 4.79 Å². The molecular formula is C12H16N4OS. The van der Waals surface area contributed by atoms with Crippen LogP contribution in [0.1, 0.15) is 18.7 Å². The normalized spacial score (nSPS) is 12.7. The molecule has 0 aliphatic rings. The molecule has 96 valence electrons. The Morgan fingerprint density at radius 1 is 1.50 bits per heavy atom. The highest BCUT2D eigenvalue weighted by molar-refractivity contribution is 7.71. The largest absolute Gasteiger partial charge is 0.347 e. The van der Waals surface area contributed by atoms with Gasteiger partial charge < -0.3 is 9.88 Å². The first-order chi connectivity index (χ1) is 8.41. The van der Waals surface area contributed by atoms with Crippen molar-refractivity contribution in [1.82, 2.24) is 19.4 Å². The Kier molecular flexibility index (Phi) is 3.21. The molecule has 1 amide bonds. The molecule has 0 saturated carbocycles. The van der Waals surface area contributed by atoms with Crippen molar-refractivity contribution in [3.05, 3.63) is 22.6 Å². The Bertz CT molecular complexity index is 656. The number of aryl methyl sites for hydroxylation is 1. The Labute approximate surface area is 110 Å². The number of hydrogen-bond acceptors (Lipinski definition) is 3. The van der Waals surface area contributed by atoms with Crippen LogP contribution in [0.25, 0.3) is 11.2 Å². The summed E-state index contributed by atoms with van der Waals surface area (Å²) in [6, 6.07) is 3.48. The molecule has 0 aliphatic carbocycles. The summed E-state index contributed by atoms with van der Waals surface area (Å²) in [5.41, 5.74) is 2.47. The van der Waals surface area contributed by atoms with E-state index in [9.17, 15) is 4.79 Å². The van der Waals surface area contributed by atoms with Crippen LogP contribution in [0.4, 0.5) is 0 Å². The number of aromatic nitrogens is 3. The van der Waals surface area contributed by atoms with Crippen LogP contribution in [0.3, 0.4) is 0 Å². The fraction of sp³-hybridized carbons (Fsp3) is 0.417. The fourth-order valence-corrected chi connectivity index (χ4v) is 2.29. The molecule has 1 N–H and O–H groups in total. The molecule has 1 atom stereocenters. The van der Waals surface area contributed by atoms with Crippen LogP contribution in [-0.4, -0.2) is 39.4 Å². The van der Waals surface area contributed by atoms with Gasteiger partial charge in [0, 0.05) is 19.8 Å². The van der Waals surface area contributed by atoms with Crippen molar-refractivity contribution in [3.63, 3.8) is 0 Å². The lowest BCUT2D eigenvalue weighted by Gasteiger charge is -2.18. The lowest BCUT2D eigenvalue weighted by Crippen LogP contribution is -2.30. The summed E-state index contributed by atoms with van der Waals surface area (Å²) in [4.78, 5) is 21.1. The third kappa shape index (κ3) is 2.03. The molecule has 5 nitrogen and oxygen atoms in total. The summed E-state index contributed by atoms with van der Waals surface area (Å²) in [6.07, 6.45) is 0. The number of likely N-dealkylation sites (N-methyl/N-ethyl adjacent to an activating group) is 1. The van der Waals surface area contributed by atoms with Crippen LogP contribution >= 0.6 is 12.2 Å². The van der Waals surface area contributed by atoms with E-state index in [0.29, 0.717) is 4.77 Å². The summed E-state index contributed by atoms with van der Waals surface area (Å²) >= 11 is 5.27. The molecular weight excluding hydrogens is 248 g/mol. The Hall–Kier alpha value is -1.69. The van der Waals surface area contributed by atoms with Gasteiger partial charge in [0.2, 0.25) is 5.91 Å². The van der Waals surface area contributed by atoms with E-state index in [1.807, 2.05) is 26.0 Å². The monoisotopic (exact) mass is 264 g/mol. The standard InChI is InChI=1S/C12H16N4OS/c1-7-5-6-9-10(13-7)16(12(18)14-9)8(2)11(17)15(3)4/h5-6,8H,1-4H3,(H,14,18). The number of aromatic amines is 1. The maximum atomic E-state index is 12.0. The quantitative estimate of drug-likeness (QED) is 0.845. The lowest BCUT2D eigenvalue weighted by atomic mass is 10.3. The van der Waals surface area contributed by atoms with Gasteiger partial charge in [-0.3, -0.25) is 9.36 Å². The molecule has 2 rings (SSSR count). The number of carbonyl (C=O) groups excluding carboxylic acids is 1. The SMILES string of the molecule is Cc1ccc2[nH]c(=S)n(C(C)C(=O)N(C)C)c2n1. The first-order valence-corrected chi connectivity index (χ1v) is 6.11. The van der Waals surface area contributed by atoms with Crippen molar-refractivity contribution in [1.29, 1.82) is 0 Å². The average molecular weight is 264 g/mol. The first kappa shape index (κ1) is 12.8. The topological polar surface area (TPSA) is 53.9 Å². The molecule has 0 fully saturated rings. The van der Waals surface area contributed by atoms with Gasteiger partial charge >= 0.3 is 0 Å². The number of hydrogen-bond donors (Lipinski definition) is 1. The molecule has 0 radical (unpaired) electrons. The van der Waals surface area contributed by atoms with Gasteiger partial charge in [-0.25, -0.2) is 4.98 Å². The van der Waals surface area contributed by atoms with Gasteiger partial charge in [0.15, 0.2) is 10.4 Å². The van der Waals surface area contributed by atoms with Gasteiger partial charge in [0.1, 0.15) is 6.04 Å². The number of rotatable bonds is 2. The number of nitrogens with zero attached hydrogens (tertiary/aromatic N) is 3. The number of fused-ring (bicyclic) bond motifs is 1. The minimum Gasteiger partial charge on any atom is -0.347 e. The predicted molar refractivity (Wildman–Crippen MR) is 73.1 cm³/mol. The van der Waals surface area contributed by atoms with Crippen molar-refractivity contribution >= 4 is 29.3 Å². The van der Waals surface area contributed by atoms with Gasteiger partial charge in [0.05, 0.1) is 5.52 Å². The number of nitrogens with one attached hydrogen (secondary N) is 1. The second kappa shape index (κ2) is 4.53. The summed E-state index contributed by atoms with van der Waals surface area (Å²) in [5, 5.41) is 0. The second-order valence-electron chi connectivity index (χ2n) is 4.53. The molecule has 2 aromatic heterocycles. The number of H-pyrrole nitrogens is 1. The molecule has 6 heteroatoms. The smallest absolute Gasteiger partial charge is 0.244 e. The minimum absolute atomic E-state index is 0.00435. The second-order valence-corrected chi connectivity index (χ2v) is 4.92. The van der Waals surface area contributed by atoms with E-state index in [1.165, 1.54) is 0 Å². The van der Waals surface area contributed by atoms with E-state index in [0.717, 1.165) is 16.9 Å². The zero-order valence-corrected chi connectivity index (χ0v) is 11.7. The van der Waals surface area contributed by atoms with E-state index < -0.39 is 0 Å². The van der Waals surface area contributed by atoms with Gasteiger partial charge in [0.25, 0.3) is 0 Å². The van der Waals surface area contributed by atoms with E-state index >= 15 is 0 Å². The molecule has 0 aromatic carbocycles. The third-order valence-electron chi connectivity index (χ3n) is 2.89. The maximum absolute atomic E-state index is 12.0. The highest BCUT2D eigenvalue weighted by Crippen LogP contribution is 2.18. The van der Waals surface area contributed by atoms with E-state index in [2.05, 4.69) is 9.97 Å². The summed E-state index contributed by atoms with van der Waals surface area (Å²) in [6.45, 7) is 3.74. The van der Waals surface area contributed by atoms with Gasteiger partial charge in [-0.05, 0) is 38.2 Å². The van der Waals surface area contributed by atoms with Crippen LogP contribution in [0.5, 0.6) is 0 Å². The third-order valence-corrected chi connectivity index (χ3v) is 3.19. The van der Waals surface area contributed by atoms with Gasteiger partial charge in [-0.2, -0.15) is 0 Å². The number of pyridine rings is 1. The summed E-state index contributed by atoms with van der Waals surface area (Å²) in [7, 11) is 3.46. The Morgan fingerprint density at radius 2 is 2.17 bits per heavy atom. The van der Waals surface area contributed by atoms with Crippen LogP contribution in [0, 0.1) is 11.7 Å². The summed E-state index contributed by atoms with van der Waals surface area (Å²) < 4.78 is 2.28. The average Bonchev–Trinajstić information content (AvgIpc) is 2.62. The van der Waals surface area contributed by atoms with E-state index in [1.54, 1.807) is 23.6 Å². The zero-order chi connectivity index (χ0) is 13.4. The molecule has 1 unspecified atom stereocenters. The highest BCUT2D eigenvalue weighted by Gasteiger charge is 2.20. The fourth-order valence-electron chi connectivity index (χ4n) is 1.94. The highest BCUT2D eigenvalue weighted by atomic mass is 32.1. The lowest BCUT2D eigenvalue weighted by molar-refractivity contribution is -0.131. The van der Waals surface area contributed by atoms with Crippen molar-refractivity contribution in [2.45, 2.75) is 19.9 Å². The minimum atomic E-state index is -0.365. The zero-order valence-electron chi connectivity index (χ0n) is 10.9. The Balaban J connectivity index is 2.63. The molecule has 0 saturated heterocycles. The molecule has 18 heavy (non-hydrogen) atoms. The van der Waals surface area contributed by atoms with Crippen molar-refractivity contribution in [3.8, 4) is 0 Å². The van der Waals surface area contributed by atoms with Gasteiger partial charge in [-0.15, -0.1) is 0 Å². The predicted octanol–water partition coefficient (Wildman–Crippen LogP) is 2.05. The van der Waals surface area contributed by atoms with Crippen LogP contribution in [0.15, 0.2) is 12.1 Å². The van der Waals surface area contributed by atoms with E-state index in [4.69, 9.17) is 12.2 Å². The number of amides is 1. The molecule has 0 aliphatic heterocycles. The summed E-state index contributed by atoms with van der Waals surface area (Å²) in [5.74, 6) is -0.00435. The van der Waals surface area contributed by atoms with Gasteiger partial charge in [-0.1, -0.05) is 0 Å².